The highest BCUT2D eigenvalue weighted by molar-refractivity contribution is 6.00. The predicted molar refractivity (Wildman–Crippen MR) is 152 cm³/mol. The molecule has 0 aliphatic rings. The molecular weight excluding hydrogens is 498 g/mol. The maximum absolute atomic E-state index is 13.1. The molecule has 2 aromatic rings. The Bertz CT molecular complexity index is 1120. The van der Waals surface area contributed by atoms with Gasteiger partial charge < -0.3 is 30.9 Å². The summed E-state index contributed by atoms with van der Waals surface area (Å²) in [5.74, 6) is -0.673. The molecule has 0 saturated carbocycles. The van der Waals surface area contributed by atoms with E-state index >= 15 is 0 Å². The average Bonchev–Trinajstić information content (AvgIpc) is 2.91. The number of nitrogens with one attached hydrogen (secondary N) is 4. The molecule has 0 saturated heterocycles. The second kappa shape index (κ2) is 15.5. The average molecular weight is 540 g/mol. The van der Waals surface area contributed by atoms with Crippen molar-refractivity contribution in [3.63, 3.8) is 0 Å². The first-order chi connectivity index (χ1) is 18.5. The van der Waals surface area contributed by atoms with E-state index in [0.717, 1.165) is 16.8 Å². The van der Waals surface area contributed by atoms with Crippen LogP contribution in [0.4, 0.5) is 16.2 Å². The molecule has 0 aliphatic heterocycles. The number of urea groups is 1. The first-order valence-electron chi connectivity index (χ1n) is 13.1. The van der Waals surface area contributed by atoms with Crippen LogP contribution in [0.2, 0.25) is 0 Å². The molecule has 0 aliphatic carbocycles. The van der Waals surface area contributed by atoms with Gasteiger partial charge in [0.05, 0.1) is 13.5 Å². The zero-order valence-electron chi connectivity index (χ0n) is 23.7. The third kappa shape index (κ3) is 10.0. The molecular formula is C29H41N5O5. The summed E-state index contributed by atoms with van der Waals surface area (Å²) in [5.41, 5.74) is 3.04. The highest BCUT2D eigenvalue weighted by atomic mass is 16.5. The number of methoxy groups -OCH3 is 1. The number of rotatable bonds is 13. The minimum atomic E-state index is -0.644. The van der Waals surface area contributed by atoms with E-state index < -0.39 is 18.1 Å². The topological polar surface area (TPSA) is 129 Å². The van der Waals surface area contributed by atoms with E-state index in [1.165, 1.54) is 12.0 Å². The highest BCUT2D eigenvalue weighted by Crippen LogP contribution is 2.17. The van der Waals surface area contributed by atoms with Gasteiger partial charge in [0.15, 0.2) is 0 Å². The summed E-state index contributed by atoms with van der Waals surface area (Å²) in [6, 6.07) is 13.0. The van der Waals surface area contributed by atoms with Gasteiger partial charge in [0, 0.05) is 25.0 Å². The van der Waals surface area contributed by atoms with Gasteiger partial charge in [0.2, 0.25) is 11.8 Å². The Hall–Kier alpha value is -3.92. The number of esters is 1. The number of nitrogens with zero attached hydrogens (tertiary/aromatic N) is 1. The van der Waals surface area contributed by atoms with E-state index in [1.54, 1.807) is 38.4 Å². The molecule has 2 atom stereocenters. The molecule has 2 rings (SSSR count). The van der Waals surface area contributed by atoms with Crippen molar-refractivity contribution in [1.29, 1.82) is 0 Å². The third-order valence-electron chi connectivity index (χ3n) is 6.39. The lowest BCUT2D eigenvalue weighted by Crippen LogP contribution is -2.49. The van der Waals surface area contributed by atoms with Crippen LogP contribution in [-0.2, 0) is 25.5 Å². The summed E-state index contributed by atoms with van der Waals surface area (Å²) in [7, 11) is 4.60. The van der Waals surface area contributed by atoms with E-state index in [4.69, 9.17) is 4.74 Å². The number of amides is 4. The SMILES string of the molecule is CN[C@@H](CCNC(=O)[C@H](CC(C)C)N(C)C(=O)Cc1ccc(NC(=O)Nc2ccccc2C)cc1)C(=O)OC. The van der Waals surface area contributed by atoms with Gasteiger partial charge in [-0.1, -0.05) is 44.2 Å². The van der Waals surface area contributed by atoms with Crippen LogP contribution in [0.25, 0.3) is 0 Å². The summed E-state index contributed by atoms with van der Waals surface area (Å²) >= 11 is 0. The highest BCUT2D eigenvalue weighted by Gasteiger charge is 2.28. The van der Waals surface area contributed by atoms with E-state index in [9.17, 15) is 19.2 Å². The van der Waals surface area contributed by atoms with Crippen LogP contribution in [0, 0.1) is 12.8 Å². The molecule has 0 bridgehead atoms. The van der Waals surface area contributed by atoms with Crippen LogP contribution in [0.3, 0.4) is 0 Å². The number of aryl methyl sites for hydroxylation is 1. The largest absolute Gasteiger partial charge is 0.468 e. The van der Waals surface area contributed by atoms with Gasteiger partial charge in [-0.2, -0.15) is 0 Å². The third-order valence-corrected chi connectivity index (χ3v) is 6.39. The molecule has 39 heavy (non-hydrogen) atoms. The normalized spacial score (nSPS) is 12.3. The van der Waals surface area contributed by atoms with Crippen LogP contribution >= 0.6 is 0 Å². The summed E-state index contributed by atoms with van der Waals surface area (Å²) in [5, 5.41) is 11.3. The van der Waals surface area contributed by atoms with Gasteiger partial charge in [-0.25, -0.2) is 4.79 Å². The standard InChI is InChI=1S/C29H41N5O5/c1-19(2)17-25(27(36)31-16-15-24(30-4)28(37)39-6)34(5)26(35)18-21-11-13-22(14-12-21)32-29(38)33-23-10-8-7-9-20(23)3/h7-14,19,24-25,30H,15-18H2,1-6H3,(H,31,36)(H2,32,33,38)/t24-,25-/m0/s1. The Morgan fingerprint density at radius 2 is 1.64 bits per heavy atom. The van der Waals surface area contributed by atoms with Crippen molar-refractivity contribution in [3.8, 4) is 0 Å². The number of carbonyl (C=O) groups is 4. The molecule has 4 N–H and O–H groups in total. The molecule has 4 amide bonds. The second-order valence-electron chi connectivity index (χ2n) is 9.86. The predicted octanol–water partition coefficient (Wildman–Crippen LogP) is 3.32. The van der Waals surface area contributed by atoms with E-state index in [1.807, 2.05) is 45.0 Å². The fourth-order valence-electron chi connectivity index (χ4n) is 4.04. The van der Waals surface area contributed by atoms with Gasteiger partial charge in [0.25, 0.3) is 0 Å². The number of likely N-dealkylation sites (N-methyl/N-ethyl adjacent to an activating group) is 2. The Morgan fingerprint density at radius 1 is 0.974 bits per heavy atom. The van der Waals surface area contributed by atoms with Crippen LogP contribution in [-0.4, -0.2) is 68.5 Å². The van der Waals surface area contributed by atoms with Gasteiger partial charge >= 0.3 is 12.0 Å². The zero-order chi connectivity index (χ0) is 28.9. The molecule has 0 heterocycles. The van der Waals surface area contributed by atoms with Crippen molar-refractivity contribution in [3.05, 3.63) is 59.7 Å². The molecule has 2 aromatic carbocycles. The quantitative estimate of drug-likeness (QED) is 0.289. The molecule has 0 radical (unpaired) electrons. The summed E-state index contributed by atoms with van der Waals surface area (Å²) in [6.07, 6.45) is 0.974. The number of carbonyl (C=O) groups excluding carboxylic acids is 4. The van der Waals surface area contributed by atoms with Crippen molar-refractivity contribution in [1.82, 2.24) is 15.5 Å². The number of para-hydroxylation sites is 1. The van der Waals surface area contributed by atoms with Gasteiger partial charge in [-0.3, -0.25) is 14.4 Å². The molecule has 212 valence electrons. The second-order valence-corrected chi connectivity index (χ2v) is 9.86. The lowest BCUT2D eigenvalue weighted by molar-refractivity contribution is -0.143. The smallest absolute Gasteiger partial charge is 0.323 e. The van der Waals surface area contributed by atoms with Crippen LogP contribution in [0.5, 0.6) is 0 Å². The number of hydrogen-bond acceptors (Lipinski definition) is 6. The van der Waals surface area contributed by atoms with Crippen molar-refractivity contribution in [2.45, 2.75) is 52.1 Å². The number of ether oxygens (including phenoxy) is 1. The molecule has 0 aromatic heterocycles. The zero-order valence-corrected chi connectivity index (χ0v) is 23.7. The Kier molecular flexibility index (Phi) is 12.4. The molecule has 10 nitrogen and oxygen atoms in total. The van der Waals surface area contributed by atoms with Crippen LogP contribution < -0.4 is 21.3 Å². The lowest BCUT2D eigenvalue weighted by Gasteiger charge is -2.29. The molecule has 0 fully saturated rings. The van der Waals surface area contributed by atoms with Gasteiger partial charge in [0.1, 0.15) is 12.1 Å². The van der Waals surface area contributed by atoms with Crippen molar-refractivity contribution in [2.75, 3.05) is 38.4 Å². The van der Waals surface area contributed by atoms with Crippen molar-refractivity contribution < 1.29 is 23.9 Å². The fraction of sp³-hybridized carbons (Fsp3) is 0.448. The summed E-state index contributed by atoms with van der Waals surface area (Å²) < 4.78 is 4.75. The molecule has 0 spiro atoms. The minimum Gasteiger partial charge on any atom is -0.468 e. The van der Waals surface area contributed by atoms with Crippen LogP contribution in [0.1, 0.15) is 37.8 Å². The van der Waals surface area contributed by atoms with E-state index in [-0.39, 0.29) is 36.7 Å². The Morgan fingerprint density at radius 3 is 2.23 bits per heavy atom. The maximum Gasteiger partial charge on any atom is 0.323 e. The van der Waals surface area contributed by atoms with Crippen molar-refractivity contribution >= 4 is 35.2 Å². The van der Waals surface area contributed by atoms with Crippen LogP contribution in [0.15, 0.2) is 48.5 Å². The Balaban J connectivity index is 1.95. The minimum absolute atomic E-state index is 0.109. The summed E-state index contributed by atoms with van der Waals surface area (Å²) in [6.45, 7) is 6.17. The first kappa shape index (κ1) is 31.3. The van der Waals surface area contributed by atoms with Crippen molar-refractivity contribution in [2.24, 2.45) is 5.92 Å². The maximum atomic E-state index is 13.1. The Labute approximate surface area is 230 Å². The first-order valence-corrected chi connectivity index (χ1v) is 13.1. The number of hydrogen-bond donors (Lipinski definition) is 4. The molecule has 0 unspecified atom stereocenters. The van der Waals surface area contributed by atoms with Gasteiger partial charge in [-0.15, -0.1) is 0 Å². The van der Waals surface area contributed by atoms with Gasteiger partial charge in [-0.05, 0) is 62.1 Å². The molecule has 10 heteroatoms. The number of anilines is 2. The lowest BCUT2D eigenvalue weighted by atomic mass is 10.0. The van der Waals surface area contributed by atoms with E-state index in [0.29, 0.717) is 18.5 Å². The summed E-state index contributed by atoms with van der Waals surface area (Å²) in [4.78, 5) is 51.7. The number of benzene rings is 2. The monoisotopic (exact) mass is 539 g/mol. The van der Waals surface area contributed by atoms with E-state index in [2.05, 4.69) is 21.3 Å². The fourth-order valence-corrected chi connectivity index (χ4v) is 4.04.